The number of amides is 1. The fourth-order valence-corrected chi connectivity index (χ4v) is 4.15. The third-order valence-corrected chi connectivity index (χ3v) is 5.99. The molecular weight excluding hydrogens is 437 g/mol. The maximum atomic E-state index is 13.3. The van der Waals surface area contributed by atoms with Crippen molar-refractivity contribution in [3.63, 3.8) is 0 Å². The first kappa shape index (κ1) is 21.4. The highest BCUT2D eigenvalue weighted by atomic mass is 19.4. The Hall–Kier alpha value is -3.47. The first-order valence-electron chi connectivity index (χ1n) is 10.5. The van der Waals surface area contributed by atoms with Crippen LogP contribution in [0.4, 0.5) is 13.2 Å². The zero-order valence-electron chi connectivity index (χ0n) is 17.7. The highest BCUT2D eigenvalue weighted by Crippen LogP contribution is 2.32. The van der Waals surface area contributed by atoms with Gasteiger partial charge in [0.25, 0.3) is 5.91 Å². The van der Waals surface area contributed by atoms with Crippen molar-refractivity contribution in [3.8, 4) is 11.3 Å². The number of pyridine rings is 2. The second-order valence-electron chi connectivity index (χ2n) is 8.59. The molecule has 1 fully saturated rings. The highest BCUT2D eigenvalue weighted by Gasteiger charge is 2.32. The van der Waals surface area contributed by atoms with Gasteiger partial charge in [0.05, 0.1) is 22.8 Å². The molecule has 5 heterocycles. The molecule has 1 saturated heterocycles. The maximum absolute atomic E-state index is 13.3. The lowest BCUT2D eigenvalue weighted by atomic mass is 9.94. The van der Waals surface area contributed by atoms with Crippen molar-refractivity contribution in [3.05, 3.63) is 48.5 Å². The Morgan fingerprint density at radius 1 is 1.18 bits per heavy atom. The van der Waals surface area contributed by atoms with E-state index in [-0.39, 0.29) is 17.1 Å². The minimum atomic E-state index is -4.50. The molecule has 0 spiro atoms. The summed E-state index contributed by atoms with van der Waals surface area (Å²) in [6.45, 7) is 1.12. The van der Waals surface area contributed by atoms with Crippen molar-refractivity contribution in [1.82, 2.24) is 29.3 Å². The van der Waals surface area contributed by atoms with Crippen molar-refractivity contribution >= 4 is 22.3 Å². The van der Waals surface area contributed by atoms with Gasteiger partial charge >= 0.3 is 6.18 Å². The molecule has 11 heteroatoms. The lowest BCUT2D eigenvalue weighted by Crippen LogP contribution is -2.45. The van der Waals surface area contributed by atoms with Crippen LogP contribution in [-0.4, -0.2) is 65.2 Å². The predicted molar refractivity (Wildman–Crippen MR) is 114 cm³/mol. The van der Waals surface area contributed by atoms with Crippen molar-refractivity contribution in [2.45, 2.75) is 38.1 Å². The van der Waals surface area contributed by atoms with Gasteiger partial charge in [0.2, 0.25) is 0 Å². The molecule has 172 valence electrons. The lowest BCUT2D eigenvalue weighted by Gasteiger charge is -2.35. The van der Waals surface area contributed by atoms with Crippen LogP contribution in [0.3, 0.4) is 0 Å². The molecule has 1 aliphatic heterocycles. The first-order valence-corrected chi connectivity index (χ1v) is 10.5. The van der Waals surface area contributed by atoms with Gasteiger partial charge in [0, 0.05) is 36.4 Å². The number of aliphatic hydroxyl groups is 1. The average Bonchev–Trinajstić information content (AvgIpc) is 3.33. The van der Waals surface area contributed by atoms with E-state index in [1.165, 1.54) is 12.3 Å². The summed E-state index contributed by atoms with van der Waals surface area (Å²) in [5.41, 5.74) is 0.954. The largest absolute Gasteiger partial charge is 0.408 e. The normalized spacial score (nSPS) is 16.6. The van der Waals surface area contributed by atoms with Crippen LogP contribution in [0.2, 0.25) is 0 Å². The summed E-state index contributed by atoms with van der Waals surface area (Å²) in [7, 11) is 0. The first-order chi connectivity index (χ1) is 15.6. The molecule has 33 heavy (non-hydrogen) atoms. The van der Waals surface area contributed by atoms with E-state index in [0.717, 1.165) is 4.68 Å². The molecule has 1 aliphatic rings. The van der Waals surface area contributed by atoms with Crippen molar-refractivity contribution < 1.29 is 23.1 Å². The molecule has 0 saturated carbocycles. The zero-order chi connectivity index (χ0) is 23.4. The lowest BCUT2D eigenvalue weighted by molar-refractivity contribution is -0.141. The number of hydrogen-bond donors (Lipinski definition) is 1. The number of aromatic nitrogens is 5. The number of halogens is 3. The van der Waals surface area contributed by atoms with Crippen LogP contribution in [0.1, 0.15) is 30.3 Å². The molecule has 0 atom stereocenters. The number of carbonyl (C=O) groups excluding carboxylic acids is 1. The Bertz CT molecular complexity index is 1350. The Labute approximate surface area is 186 Å². The molecule has 0 radical (unpaired) electrons. The van der Waals surface area contributed by atoms with Gasteiger partial charge in [-0.2, -0.15) is 23.4 Å². The average molecular weight is 458 g/mol. The van der Waals surface area contributed by atoms with Crippen LogP contribution in [0, 0.1) is 0 Å². The number of fused-ring (bicyclic) bond motifs is 2. The van der Waals surface area contributed by atoms with Gasteiger partial charge in [-0.3, -0.25) is 14.5 Å². The number of rotatable bonds is 3. The van der Waals surface area contributed by atoms with Gasteiger partial charge in [-0.25, -0.2) is 4.52 Å². The van der Waals surface area contributed by atoms with E-state index in [0.29, 0.717) is 48.1 Å². The molecule has 4 aromatic heterocycles. The summed E-state index contributed by atoms with van der Waals surface area (Å²) < 4.78 is 42.4. The monoisotopic (exact) mass is 458 g/mol. The van der Waals surface area contributed by atoms with Crippen molar-refractivity contribution in [2.24, 2.45) is 0 Å². The second kappa shape index (κ2) is 7.55. The molecule has 0 aromatic carbocycles. The van der Waals surface area contributed by atoms with E-state index >= 15 is 0 Å². The summed E-state index contributed by atoms with van der Waals surface area (Å²) in [6.07, 6.45) is 1.03. The molecule has 1 amide bonds. The number of piperidine rings is 1. The molecular formula is C22H21F3N6O2. The molecule has 0 bridgehead atoms. The third kappa shape index (κ3) is 4.04. The minimum absolute atomic E-state index is 0.0405. The van der Waals surface area contributed by atoms with Crippen LogP contribution in [0.25, 0.3) is 27.7 Å². The highest BCUT2D eigenvalue weighted by molar-refractivity contribution is 6.00. The predicted octanol–water partition coefficient (Wildman–Crippen LogP) is 3.30. The summed E-state index contributed by atoms with van der Waals surface area (Å²) in [5.74, 6) is -0.385. The van der Waals surface area contributed by atoms with Gasteiger partial charge in [0.1, 0.15) is 17.9 Å². The smallest absolute Gasteiger partial charge is 0.390 e. The summed E-state index contributed by atoms with van der Waals surface area (Å²) in [6, 6.07) is 6.76. The van der Waals surface area contributed by atoms with Crippen LogP contribution >= 0.6 is 0 Å². The van der Waals surface area contributed by atoms with Gasteiger partial charge in [0.15, 0.2) is 0 Å². The summed E-state index contributed by atoms with van der Waals surface area (Å²) in [4.78, 5) is 18.8. The standard InChI is InChI=1S/C22H21F3N6O2/c1-21(33)5-8-29(9-6-21)20(32)16-10-18-14(11-26-16)19(28-31(18)13-22(23,24)25)15-12-27-30-7-3-2-4-17(15)30/h2-4,7,10-12,33H,5-6,8-9,13H2,1H3. The minimum Gasteiger partial charge on any atom is -0.390 e. The van der Waals surface area contributed by atoms with Crippen LogP contribution in [0.5, 0.6) is 0 Å². The van der Waals surface area contributed by atoms with Gasteiger partial charge in [-0.15, -0.1) is 0 Å². The topological polar surface area (TPSA) is 88.5 Å². The molecule has 8 nitrogen and oxygen atoms in total. The molecule has 0 unspecified atom stereocenters. The molecule has 4 aromatic rings. The summed E-state index contributed by atoms with van der Waals surface area (Å²) in [5, 5.41) is 19.0. The number of nitrogens with zero attached hydrogens (tertiary/aromatic N) is 6. The Morgan fingerprint density at radius 2 is 1.94 bits per heavy atom. The van der Waals surface area contributed by atoms with E-state index in [9.17, 15) is 23.1 Å². The Morgan fingerprint density at radius 3 is 2.67 bits per heavy atom. The van der Waals surface area contributed by atoms with E-state index in [2.05, 4.69) is 15.2 Å². The second-order valence-corrected chi connectivity index (χ2v) is 8.59. The number of hydrogen-bond acceptors (Lipinski definition) is 5. The van der Waals surface area contributed by atoms with E-state index in [1.807, 2.05) is 0 Å². The number of alkyl halides is 3. The fourth-order valence-electron chi connectivity index (χ4n) is 4.15. The SMILES string of the molecule is CC1(O)CCN(C(=O)c2cc3c(cn2)c(-c2cnn4ccccc24)nn3CC(F)(F)F)CC1. The quantitative estimate of drug-likeness (QED) is 0.509. The number of carbonyl (C=O) groups is 1. The van der Waals surface area contributed by atoms with Crippen LogP contribution < -0.4 is 0 Å². The zero-order valence-corrected chi connectivity index (χ0v) is 17.7. The molecule has 1 N–H and O–H groups in total. The molecule has 5 rings (SSSR count). The van der Waals surface area contributed by atoms with Crippen molar-refractivity contribution in [1.29, 1.82) is 0 Å². The van der Waals surface area contributed by atoms with Gasteiger partial charge in [-0.1, -0.05) is 6.07 Å². The Kier molecular flexibility index (Phi) is 4.89. The van der Waals surface area contributed by atoms with E-state index < -0.39 is 18.3 Å². The molecule has 0 aliphatic carbocycles. The Balaban J connectivity index is 1.59. The van der Waals surface area contributed by atoms with Gasteiger partial charge in [-0.05, 0) is 38.0 Å². The van der Waals surface area contributed by atoms with Crippen LogP contribution in [-0.2, 0) is 6.54 Å². The van der Waals surface area contributed by atoms with Crippen LogP contribution in [0.15, 0.2) is 42.9 Å². The number of likely N-dealkylation sites (tertiary alicyclic amines) is 1. The third-order valence-electron chi connectivity index (χ3n) is 5.99. The maximum Gasteiger partial charge on any atom is 0.408 e. The van der Waals surface area contributed by atoms with E-state index in [1.54, 1.807) is 46.9 Å². The summed E-state index contributed by atoms with van der Waals surface area (Å²) >= 11 is 0. The van der Waals surface area contributed by atoms with E-state index in [4.69, 9.17) is 0 Å². The van der Waals surface area contributed by atoms with Crippen molar-refractivity contribution in [2.75, 3.05) is 13.1 Å². The fraction of sp³-hybridized carbons (Fsp3) is 0.364. The van der Waals surface area contributed by atoms with Gasteiger partial charge < -0.3 is 10.0 Å².